The monoisotopic (exact) mass is 242 g/mol. The summed E-state index contributed by atoms with van der Waals surface area (Å²) in [5.41, 5.74) is -0.725. The van der Waals surface area contributed by atoms with Gasteiger partial charge in [-0.2, -0.15) is 0 Å². The van der Waals surface area contributed by atoms with Crippen LogP contribution < -0.4 is 10.6 Å². The molecule has 3 amide bonds. The summed E-state index contributed by atoms with van der Waals surface area (Å²) in [5.74, 6) is -0.271. The first-order valence-corrected chi connectivity index (χ1v) is 4.89. The van der Waals surface area contributed by atoms with Crippen LogP contribution in [0.4, 0.5) is 4.79 Å². The van der Waals surface area contributed by atoms with Gasteiger partial charge >= 0.3 is 6.03 Å². The van der Waals surface area contributed by atoms with Gasteiger partial charge in [0.05, 0.1) is 0 Å². The van der Waals surface area contributed by atoms with E-state index in [4.69, 9.17) is 0 Å². The number of urea groups is 1. The molecule has 1 aliphatic rings. The summed E-state index contributed by atoms with van der Waals surface area (Å²) >= 11 is 2.41. The molecule has 4 nitrogen and oxygen atoms in total. The molecule has 0 saturated carbocycles. The third-order valence-corrected chi connectivity index (χ3v) is 1.22. The highest BCUT2D eigenvalue weighted by molar-refractivity contribution is 9.22. The van der Waals surface area contributed by atoms with Crippen LogP contribution in [0, 0.1) is 0 Å². The van der Waals surface area contributed by atoms with Crippen LogP contribution in [0.1, 0.15) is 13.8 Å². The van der Waals surface area contributed by atoms with Crippen LogP contribution in [0.25, 0.3) is 0 Å². The predicted molar refractivity (Wildman–Crippen MR) is 45.5 cm³/mol. The van der Waals surface area contributed by atoms with Crippen LogP contribution in [-0.4, -0.2) is 17.5 Å². The number of carbonyl (C=O) groups is 2. The third-order valence-electron chi connectivity index (χ3n) is 1.22. The molecule has 0 spiro atoms. The highest BCUT2D eigenvalue weighted by Crippen LogP contribution is 2.05. The zero-order valence-corrected chi connectivity index (χ0v) is 8.41. The maximum Gasteiger partial charge on any atom is 0.322 e. The quantitative estimate of drug-likeness (QED) is 0.627. The number of amides is 3. The molecule has 64 valence electrons. The SMILES string of the molecule is CC1(C)NC(=O)NC1=O.ClBr. The molecule has 0 aliphatic carbocycles. The van der Waals surface area contributed by atoms with Crippen LogP contribution in [0.2, 0.25) is 0 Å². The predicted octanol–water partition coefficient (Wildman–Crippen LogP) is 1.14. The molecule has 0 atom stereocenters. The molecule has 0 aromatic rings. The minimum absolute atomic E-state index is 0.271. The van der Waals surface area contributed by atoms with Gasteiger partial charge in [-0.15, -0.1) is 0 Å². The van der Waals surface area contributed by atoms with Crippen LogP contribution in [0.5, 0.6) is 0 Å². The summed E-state index contributed by atoms with van der Waals surface area (Å²) in [6.07, 6.45) is 0. The fourth-order valence-electron chi connectivity index (χ4n) is 0.631. The Morgan fingerprint density at radius 3 is 1.91 bits per heavy atom. The van der Waals surface area contributed by atoms with Crippen molar-refractivity contribution in [1.29, 1.82) is 0 Å². The number of halogens is 2. The highest BCUT2D eigenvalue weighted by Gasteiger charge is 2.36. The van der Waals surface area contributed by atoms with Gasteiger partial charge in [-0.25, -0.2) is 4.79 Å². The third kappa shape index (κ3) is 2.67. The Hall–Kier alpha value is -0.290. The van der Waals surface area contributed by atoms with E-state index in [9.17, 15) is 9.59 Å². The molecule has 1 aliphatic heterocycles. The maximum absolute atomic E-state index is 10.7. The number of nitrogens with one attached hydrogen (secondary N) is 2. The molecule has 1 rings (SSSR count). The van der Waals surface area contributed by atoms with Gasteiger partial charge in [-0.05, 0) is 24.0 Å². The minimum atomic E-state index is -0.725. The highest BCUT2D eigenvalue weighted by atomic mass is 79.9. The van der Waals surface area contributed by atoms with Gasteiger partial charge < -0.3 is 5.32 Å². The molecule has 0 aromatic heterocycles. The van der Waals surface area contributed by atoms with Gasteiger partial charge in [-0.3, -0.25) is 10.1 Å². The largest absolute Gasteiger partial charge is 0.324 e. The molecule has 0 bridgehead atoms. The van der Waals surface area contributed by atoms with E-state index in [-0.39, 0.29) is 5.91 Å². The summed E-state index contributed by atoms with van der Waals surface area (Å²) in [6, 6.07) is -0.412. The second-order valence-electron chi connectivity index (χ2n) is 2.53. The molecule has 0 aromatic carbocycles. The lowest BCUT2D eigenvalue weighted by molar-refractivity contribution is -0.122. The van der Waals surface area contributed by atoms with E-state index in [0.717, 1.165) is 0 Å². The van der Waals surface area contributed by atoms with Crippen molar-refractivity contribution in [2.24, 2.45) is 0 Å². The summed E-state index contributed by atoms with van der Waals surface area (Å²) in [4.78, 5) is 21.1. The number of rotatable bonds is 0. The molecule has 0 radical (unpaired) electrons. The molecule has 1 fully saturated rings. The lowest BCUT2D eigenvalue weighted by atomic mass is 10.1. The van der Waals surface area contributed by atoms with Crippen molar-refractivity contribution in [3.05, 3.63) is 0 Å². The van der Waals surface area contributed by atoms with Gasteiger partial charge in [0.15, 0.2) is 0 Å². The van der Waals surface area contributed by atoms with Gasteiger partial charge in [0.1, 0.15) is 5.54 Å². The number of hydrogen-bond donors (Lipinski definition) is 2. The first-order chi connectivity index (χ1) is 5.02. The average Bonchev–Trinajstić information content (AvgIpc) is 2.10. The van der Waals surface area contributed by atoms with Crippen molar-refractivity contribution in [1.82, 2.24) is 10.6 Å². The molecule has 2 N–H and O–H groups in total. The van der Waals surface area contributed by atoms with E-state index >= 15 is 0 Å². The fraction of sp³-hybridized carbons (Fsp3) is 0.600. The molecular weight excluding hydrogens is 235 g/mol. The van der Waals surface area contributed by atoms with Gasteiger partial charge in [-0.1, -0.05) is 0 Å². The van der Waals surface area contributed by atoms with E-state index in [0.29, 0.717) is 0 Å². The summed E-state index contributed by atoms with van der Waals surface area (Å²) < 4.78 is 0. The van der Waals surface area contributed by atoms with Crippen molar-refractivity contribution >= 4 is 37.1 Å². The standard InChI is InChI=1S/C5H8N2O2.BrCl/c1-5(2)3(8)6-4(9)7-5;1-2/h1-2H3,(H2,6,7,8,9);. The Bertz CT molecular complexity index is 183. The molecule has 1 heterocycles. The fourth-order valence-corrected chi connectivity index (χ4v) is 0.631. The van der Waals surface area contributed by atoms with E-state index in [1.807, 2.05) is 0 Å². The zero-order valence-electron chi connectivity index (χ0n) is 6.07. The second-order valence-corrected chi connectivity index (χ2v) is 2.53. The average molecular weight is 243 g/mol. The first-order valence-electron chi connectivity index (χ1n) is 2.80. The molecule has 11 heavy (non-hydrogen) atoms. The van der Waals surface area contributed by atoms with Crippen LogP contribution in [0.15, 0.2) is 0 Å². The Morgan fingerprint density at radius 2 is 1.82 bits per heavy atom. The Labute approximate surface area is 77.0 Å². The van der Waals surface area contributed by atoms with E-state index in [1.54, 1.807) is 13.8 Å². The van der Waals surface area contributed by atoms with Crippen LogP contribution in [-0.2, 0) is 4.79 Å². The molecule has 1 saturated heterocycles. The summed E-state index contributed by atoms with van der Waals surface area (Å²) in [6.45, 7) is 3.29. The first kappa shape index (κ1) is 10.7. The van der Waals surface area contributed by atoms with Gasteiger partial charge in [0.2, 0.25) is 0 Å². The van der Waals surface area contributed by atoms with Crippen molar-refractivity contribution in [3.63, 3.8) is 0 Å². The Balaban J connectivity index is 0.000000461. The molecular formula is C5H8BrClN2O2. The minimum Gasteiger partial charge on any atom is -0.324 e. The van der Waals surface area contributed by atoms with Crippen molar-refractivity contribution < 1.29 is 9.59 Å². The Morgan fingerprint density at radius 1 is 1.36 bits per heavy atom. The molecule has 6 heteroatoms. The van der Waals surface area contributed by atoms with Crippen LogP contribution in [0.3, 0.4) is 0 Å². The number of imide groups is 1. The Kier molecular flexibility index (Phi) is 3.82. The number of hydrogen-bond acceptors (Lipinski definition) is 2. The van der Waals surface area contributed by atoms with E-state index < -0.39 is 11.6 Å². The second kappa shape index (κ2) is 3.92. The van der Waals surface area contributed by atoms with Crippen molar-refractivity contribution in [2.75, 3.05) is 0 Å². The van der Waals surface area contributed by atoms with Gasteiger partial charge in [0, 0.05) is 15.0 Å². The summed E-state index contributed by atoms with van der Waals surface area (Å²) in [5, 5.41) is 4.56. The topological polar surface area (TPSA) is 58.2 Å². The summed E-state index contributed by atoms with van der Waals surface area (Å²) in [7, 11) is 4.45. The van der Waals surface area contributed by atoms with Crippen LogP contribution >= 0.6 is 25.1 Å². The molecule has 0 unspecified atom stereocenters. The maximum atomic E-state index is 10.7. The zero-order chi connectivity index (χ0) is 9.07. The van der Waals surface area contributed by atoms with Crippen molar-refractivity contribution in [2.45, 2.75) is 19.4 Å². The smallest absolute Gasteiger partial charge is 0.322 e. The van der Waals surface area contributed by atoms with E-state index in [2.05, 4.69) is 35.8 Å². The lowest BCUT2D eigenvalue weighted by Crippen LogP contribution is -2.39. The van der Waals surface area contributed by atoms with Gasteiger partial charge in [0.25, 0.3) is 5.91 Å². The lowest BCUT2D eigenvalue weighted by Gasteiger charge is -2.11. The van der Waals surface area contributed by atoms with E-state index in [1.165, 1.54) is 0 Å². The number of carbonyl (C=O) groups excluding carboxylic acids is 2. The normalized spacial score (nSPS) is 19.6. The van der Waals surface area contributed by atoms with Crippen molar-refractivity contribution in [3.8, 4) is 0 Å².